The molecule has 29 heavy (non-hydrogen) atoms. The highest BCUT2D eigenvalue weighted by Crippen LogP contribution is 2.32. The molecule has 2 heterocycles. The van der Waals surface area contributed by atoms with Gasteiger partial charge in [-0.1, -0.05) is 35.9 Å². The Labute approximate surface area is 174 Å². The van der Waals surface area contributed by atoms with Gasteiger partial charge in [-0.15, -0.1) is 0 Å². The lowest BCUT2D eigenvalue weighted by Crippen LogP contribution is -2.37. The number of pyridine rings is 1. The van der Waals surface area contributed by atoms with Crippen LogP contribution >= 0.6 is 11.6 Å². The molecule has 1 N–H and O–H groups in total. The number of rotatable bonds is 4. The molecule has 6 nitrogen and oxygen atoms in total. The highest BCUT2D eigenvalue weighted by atomic mass is 35.5. The molecular weight excluding hydrogens is 390 g/mol. The summed E-state index contributed by atoms with van der Waals surface area (Å²) < 4.78 is 10.8. The molecule has 0 atom stereocenters. The molecule has 150 valence electrons. The number of nitrogens with one attached hydrogen (secondary N) is 1. The molecule has 1 aliphatic rings. The van der Waals surface area contributed by atoms with E-state index in [9.17, 15) is 4.79 Å². The molecule has 1 aromatic heterocycles. The summed E-state index contributed by atoms with van der Waals surface area (Å²) in [5, 5.41) is 5.32. The zero-order chi connectivity index (χ0) is 20.4. The third-order valence-corrected chi connectivity index (χ3v) is 5.47. The summed E-state index contributed by atoms with van der Waals surface area (Å²) in [7, 11) is 1.55. The minimum absolute atomic E-state index is 0.248. The normalized spacial score (nSPS) is 14.1. The van der Waals surface area contributed by atoms with E-state index in [0.29, 0.717) is 35.2 Å². The maximum Gasteiger partial charge on any atom is 0.257 e. The van der Waals surface area contributed by atoms with E-state index in [-0.39, 0.29) is 5.91 Å². The number of morpholine rings is 1. The number of hydrogen-bond acceptors (Lipinski definition) is 5. The standard InChI is InChI=1S/C22H22ClN3O3/c1-14-11-19(20(28-2)12-18(14)23)25-22(27)17-13-24-21(26-7-9-29-10-8-26)16-6-4-3-5-15(16)17/h3-6,11-13H,7-10H2,1-2H3,(H,25,27). The number of fused-ring (bicyclic) bond motifs is 1. The Kier molecular flexibility index (Phi) is 5.56. The summed E-state index contributed by atoms with van der Waals surface area (Å²) in [4.78, 5) is 19.9. The summed E-state index contributed by atoms with van der Waals surface area (Å²) in [6.07, 6.45) is 1.64. The van der Waals surface area contributed by atoms with E-state index >= 15 is 0 Å². The number of nitrogens with zero attached hydrogens (tertiary/aromatic N) is 2. The van der Waals surface area contributed by atoms with Gasteiger partial charge in [-0.3, -0.25) is 4.79 Å². The lowest BCUT2D eigenvalue weighted by Gasteiger charge is -2.29. The SMILES string of the molecule is COc1cc(Cl)c(C)cc1NC(=O)c1cnc(N2CCOCC2)c2ccccc12. The van der Waals surface area contributed by atoms with Crippen LogP contribution in [-0.4, -0.2) is 44.3 Å². The maximum absolute atomic E-state index is 13.1. The first-order chi connectivity index (χ1) is 14.1. The Balaban J connectivity index is 1.71. The third-order valence-electron chi connectivity index (χ3n) is 5.06. The second kappa shape index (κ2) is 8.27. The highest BCUT2D eigenvalue weighted by molar-refractivity contribution is 6.31. The average molecular weight is 412 g/mol. The van der Waals surface area contributed by atoms with Crippen LogP contribution in [0.2, 0.25) is 5.02 Å². The van der Waals surface area contributed by atoms with Gasteiger partial charge < -0.3 is 19.7 Å². The van der Waals surface area contributed by atoms with Gasteiger partial charge in [-0.2, -0.15) is 0 Å². The lowest BCUT2D eigenvalue weighted by atomic mass is 10.1. The summed E-state index contributed by atoms with van der Waals surface area (Å²) in [6, 6.07) is 11.3. The Bertz CT molecular complexity index is 1060. The van der Waals surface area contributed by atoms with Gasteiger partial charge in [0.15, 0.2) is 0 Å². The van der Waals surface area contributed by atoms with Crippen molar-refractivity contribution < 1.29 is 14.3 Å². The van der Waals surface area contributed by atoms with Crippen LogP contribution in [0.25, 0.3) is 10.8 Å². The van der Waals surface area contributed by atoms with Crippen molar-refractivity contribution in [2.24, 2.45) is 0 Å². The molecule has 3 aromatic rings. The summed E-state index contributed by atoms with van der Waals surface area (Å²) in [6.45, 7) is 4.79. The van der Waals surface area contributed by atoms with Gasteiger partial charge >= 0.3 is 0 Å². The number of anilines is 2. The fraction of sp³-hybridized carbons (Fsp3) is 0.273. The van der Waals surface area contributed by atoms with Crippen molar-refractivity contribution >= 4 is 39.8 Å². The number of carbonyl (C=O) groups is 1. The molecular formula is C22H22ClN3O3. The van der Waals surface area contributed by atoms with Crippen molar-refractivity contribution in [2.45, 2.75) is 6.92 Å². The first-order valence-corrected chi connectivity index (χ1v) is 9.82. The van der Waals surface area contributed by atoms with Gasteiger partial charge in [-0.05, 0) is 23.9 Å². The number of ether oxygens (including phenoxy) is 2. The van der Waals surface area contributed by atoms with Gasteiger partial charge in [0, 0.05) is 35.8 Å². The molecule has 0 aliphatic carbocycles. The van der Waals surface area contributed by atoms with Crippen molar-refractivity contribution in [2.75, 3.05) is 43.6 Å². The van der Waals surface area contributed by atoms with Gasteiger partial charge in [0.2, 0.25) is 0 Å². The number of hydrogen-bond donors (Lipinski definition) is 1. The number of methoxy groups -OCH3 is 1. The molecule has 7 heteroatoms. The molecule has 0 saturated carbocycles. The zero-order valence-corrected chi connectivity index (χ0v) is 17.1. The second-order valence-electron chi connectivity index (χ2n) is 6.90. The van der Waals surface area contributed by atoms with E-state index < -0.39 is 0 Å². The van der Waals surface area contributed by atoms with E-state index in [0.717, 1.165) is 35.2 Å². The smallest absolute Gasteiger partial charge is 0.257 e. The van der Waals surface area contributed by atoms with Crippen LogP contribution in [-0.2, 0) is 4.74 Å². The average Bonchev–Trinajstić information content (AvgIpc) is 2.76. The van der Waals surface area contributed by atoms with Gasteiger partial charge in [-0.25, -0.2) is 4.98 Å². The van der Waals surface area contributed by atoms with Crippen LogP contribution < -0.4 is 15.0 Å². The summed E-state index contributed by atoms with van der Waals surface area (Å²) >= 11 is 6.17. The molecule has 1 fully saturated rings. The van der Waals surface area contributed by atoms with Crippen LogP contribution in [0.3, 0.4) is 0 Å². The quantitative estimate of drug-likeness (QED) is 0.693. The minimum atomic E-state index is -0.248. The van der Waals surface area contributed by atoms with Crippen LogP contribution in [0.4, 0.5) is 11.5 Å². The monoisotopic (exact) mass is 411 g/mol. The van der Waals surface area contributed by atoms with Crippen molar-refractivity contribution in [3.8, 4) is 5.75 Å². The minimum Gasteiger partial charge on any atom is -0.495 e. The predicted octanol–water partition coefficient (Wildman–Crippen LogP) is 4.29. The Morgan fingerprint density at radius 2 is 1.93 bits per heavy atom. The molecule has 0 radical (unpaired) electrons. The Morgan fingerprint density at radius 3 is 2.66 bits per heavy atom. The number of carbonyl (C=O) groups excluding carboxylic acids is 1. The molecule has 1 saturated heterocycles. The van der Waals surface area contributed by atoms with Crippen molar-refractivity contribution in [3.05, 3.63) is 58.7 Å². The van der Waals surface area contributed by atoms with E-state index in [2.05, 4.69) is 15.2 Å². The summed E-state index contributed by atoms with van der Waals surface area (Å²) in [5.74, 6) is 1.14. The van der Waals surface area contributed by atoms with Crippen molar-refractivity contribution in [1.82, 2.24) is 4.98 Å². The molecule has 2 aromatic carbocycles. The number of halogens is 1. The maximum atomic E-state index is 13.1. The largest absolute Gasteiger partial charge is 0.495 e. The molecule has 0 spiro atoms. The predicted molar refractivity (Wildman–Crippen MR) is 115 cm³/mol. The van der Waals surface area contributed by atoms with Crippen LogP contribution in [0, 0.1) is 6.92 Å². The summed E-state index contributed by atoms with van der Waals surface area (Å²) in [5.41, 5.74) is 1.93. The van der Waals surface area contributed by atoms with E-state index in [1.54, 1.807) is 25.4 Å². The van der Waals surface area contributed by atoms with E-state index in [1.165, 1.54) is 0 Å². The molecule has 4 rings (SSSR count). The first-order valence-electron chi connectivity index (χ1n) is 9.44. The number of benzene rings is 2. The van der Waals surface area contributed by atoms with Gasteiger partial charge in [0.1, 0.15) is 11.6 Å². The second-order valence-corrected chi connectivity index (χ2v) is 7.30. The lowest BCUT2D eigenvalue weighted by molar-refractivity contribution is 0.102. The third kappa shape index (κ3) is 3.86. The van der Waals surface area contributed by atoms with Crippen LogP contribution in [0.5, 0.6) is 5.75 Å². The first kappa shape index (κ1) is 19.5. The molecule has 0 unspecified atom stereocenters. The number of aryl methyl sites for hydroxylation is 1. The van der Waals surface area contributed by atoms with Crippen molar-refractivity contribution in [3.63, 3.8) is 0 Å². The molecule has 1 amide bonds. The van der Waals surface area contributed by atoms with Gasteiger partial charge in [0.05, 0.1) is 31.6 Å². The van der Waals surface area contributed by atoms with Gasteiger partial charge in [0.25, 0.3) is 5.91 Å². The number of amides is 1. The Morgan fingerprint density at radius 1 is 1.21 bits per heavy atom. The van der Waals surface area contributed by atoms with E-state index in [4.69, 9.17) is 21.1 Å². The van der Waals surface area contributed by atoms with Crippen LogP contribution in [0.1, 0.15) is 15.9 Å². The fourth-order valence-corrected chi connectivity index (χ4v) is 3.66. The molecule has 0 bridgehead atoms. The topological polar surface area (TPSA) is 63.7 Å². The Hall–Kier alpha value is -2.83. The van der Waals surface area contributed by atoms with Crippen molar-refractivity contribution in [1.29, 1.82) is 0 Å². The van der Waals surface area contributed by atoms with E-state index in [1.807, 2.05) is 31.2 Å². The number of aromatic nitrogens is 1. The fourth-order valence-electron chi connectivity index (χ4n) is 3.51. The molecule has 1 aliphatic heterocycles. The van der Waals surface area contributed by atoms with Crippen LogP contribution in [0.15, 0.2) is 42.6 Å². The zero-order valence-electron chi connectivity index (χ0n) is 16.4. The highest BCUT2D eigenvalue weighted by Gasteiger charge is 2.20.